The van der Waals surface area contributed by atoms with Crippen molar-refractivity contribution in [3.63, 3.8) is 0 Å². The van der Waals surface area contributed by atoms with Gasteiger partial charge in [-0.05, 0) is 18.2 Å². The third-order valence-electron chi connectivity index (χ3n) is 4.44. The lowest BCUT2D eigenvalue weighted by molar-refractivity contribution is 0.281. The summed E-state index contributed by atoms with van der Waals surface area (Å²) in [6, 6.07) is 9.36. The third-order valence-corrected chi connectivity index (χ3v) is 5.35. The summed E-state index contributed by atoms with van der Waals surface area (Å²) in [5.41, 5.74) is 1.70. The second-order valence-electron chi connectivity index (χ2n) is 6.45. The fourth-order valence-corrected chi connectivity index (χ4v) is 3.37. The predicted octanol–water partition coefficient (Wildman–Crippen LogP) is 1.77. The highest BCUT2D eigenvalue weighted by Gasteiger charge is 2.19. The predicted molar refractivity (Wildman–Crippen MR) is 108 cm³/mol. The van der Waals surface area contributed by atoms with Crippen LogP contribution in [0.3, 0.4) is 0 Å². The lowest BCUT2D eigenvalue weighted by Crippen LogP contribution is -2.11. The fraction of sp³-hybridized carbons (Fsp3) is 0.158. The highest BCUT2D eigenvalue weighted by molar-refractivity contribution is 7.89. The Kier molecular flexibility index (Phi) is 5.40. The summed E-state index contributed by atoms with van der Waals surface area (Å²) < 4.78 is 41.1. The van der Waals surface area contributed by atoms with Gasteiger partial charge < -0.3 is 14.0 Å². The number of pyridine rings is 1. The van der Waals surface area contributed by atoms with Crippen LogP contribution < -0.4 is 14.6 Å². The number of nitrogens with zero attached hydrogens (tertiary/aromatic N) is 5. The Morgan fingerprint density at radius 2 is 2.06 bits per heavy atom. The average Bonchev–Trinajstić information content (AvgIpc) is 3.39. The molecule has 11 nitrogen and oxygen atoms in total. The van der Waals surface area contributed by atoms with Gasteiger partial charge >= 0.3 is 0 Å². The molecule has 0 saturated heterocycles. The van der Waals surface area contributed by atoms with E-state index in [9.17, 15) is 8.42 Å². The van der Waals surface area contributed by atoms with Crippen molar-refractivity contribution in [1.29, 1.82) is 0 Å². The molecule has 1 aromatic carbocycles. The Morgan fingerprint density at radius 1 is 1.23 bits per heavy atom. The minimum atomic E-state index is -3.85. The van der Waals surface area contributed by atoms with Crippen molar-refractivity contribution in [1.82, 2.24) is 24.9 Å². The second-order valence-corrected chi connectivity index (χ2v) is 8.01. The smallest absolute Gasteiger partial charge is 0.261 e. The van der Waals surface area contributed by atoms with Crippen molar-refractivity contribution >= 4 is 10.0 Å². The second kappa shape index (κ2) is 8.16. The van der Waals surface area contributed by atoms with Crippen LogP contribution in [0.5, 0.6) is 11.6 Å². The Hall–Kier alpha value is -3.77. The maximum Gasteiger partial charge on any atom is 0.261 e. The molecule has 0 fully saturated rings. The number of aryl methyl sites for hydroxylation is 1. The molecule has 0 aliphatic heterocycles. The van der Waals surface area contributed by atoms with Crippen molar-refractivity contribution in [3.05, 3.63) is 54.5 Å². The van der Waals surface area contributed by atoms with Crippen molar-refractivity contribution in [2.45, 2.75) is 11.5 Å². The fourth-order valence-electron chi connectivity index (χ4n) is 2.81. The van der Waals surface area contributed by atoms with Crippen molar-refractivity contribution in [2.75, 3.05) is 7.11 Å². The van der Waals surface area contributed by atoms with Gasteiger partial charge in [-0.1, -0.05) is 17.3 Å². The van der Waals surface area contributed by atoms with E-state index in [-0.39, 0.29) is 23.2 Å². The molecule has 4 rings (SSSR count). The molecule has 0 amide bonds. The van der Waals surface area contributed by atoms with Crippen LogP contribution in [0.4, 0.5) is 0 Å². The molecule has 31 heavy (non-hydrogen) atoms. The van der Waals surface area contributed by atoms with Crippen LogP contribution in [-0.4, -0.2) is 40.4 Å². The topological polar surface area (TPSA) is 148 Å². The molecule has 3 aromatic heterocycles. The summed E-state index contributed by atoms with van der Waals surface area (Å²) in [7, 11) is -0.534. The molecule has 12 heteroatoms. The molecule has 0 spiro atoms. The third kappa shape index (κ3) is 4.39. The molecular formula is C19H18N6O5S. The normalized spacial score (nSPS) is 11.5. The summed E-state index contributed by atoms with van der Waals surface area (Å²) in [6.07, 6.45) is 3.16. The first-order valence-electron chi connectivity index (χ1n) is 8.96. The number of ether oxygens (including phenoxy) is 2. The number of rotatable bonds is 7. The van der Waals surface area contributed by atoms with E-state index in [2.05, 4.69) is 20.2 Å². The SMILES string of the molecule is COc1ccnc(OCc2c(-c3nc(-c4cccc(S(N)(=O)=O)c4)no3)cnn2C)c1. The lowest BCUT2D eigenvalue weighted by Gasteiger charge is -2.08. The van der Waals surface area contributed by atoms with E-state index < -0.39 is 10.0 Å². The number of primary sulfonamides is 1. The zero-order valence-electron chi connectivity index (χ0n) is 16.6. The monoisotopic (exact) mass is 442 g/mol. The van der Waals surface area contributed by atoms with E-state index in [1.54, 1.807) is 55.5 Å². The Morgan fingerprint density at radius 3 is 2.84 bits per heavy atom. The van der Waals surface area contributed by atoms with Crippen LogP contribution in [0.2, 0.25) is 0 Å². The number of nitrogens with two attached hydrogens (primary N) is 1. The standard InChI is InChI=1S/C19H18N6O5S/c1-25-16(11-29-17-9-13(28-2)6-7-21-17)15(10-22-25)19-23-18(24-30-19)12-4-3-5-14(8-12)31(20,26)27/h3-10H,11H2,1-2H3,(H2,20,26,27). The van der Waals surface area contributed by atoms with Gasteiger partial charge in [-0.25, -0.2) is 18.5 Å². The van der Waals surface area contributed by atoms with E-state index in [1.165, 1.54) is 12.1 Å². The summed E-state index contributed by atoms with van der Waals surface area (Å²) in [4.78, 5) is 8.48. The minimum Gasteiger partial charge on any atom is -0.497 e. The number of sulfonamides is 1. The molecule has 0 aliphatic carbocycles. The van der Waals surface area contributed by atoms with Gasteiger partial charge in [0, 0.05) is 24.9 Å². The van der Waals surface area contributed by atoms with Gasteiger partial charge in [0.25, 0.3) is 5.89 Å². The van der Waals surface area contributed by atoms with Gasteiger partial charge in [0.1, 0.15) is 12.4 Å². The molecule has 0 aliphatic rings. The van der Waals surface area contributed by atoms with E-state index in [0.717, 1.165) is 0 Å². The first-order valence-corrected chi connectivity index (χ1v) is 10.5. The molecule has 0 bridgehead atoms. The molecule has 0 radical (unpaired) electrons. The van der Waals surface area contributed by atoms with E-state index in [1.807, 2.05) is 0 Å². The van der Waals surface area contributed by atoms with Crippen LogP contribution in [0.1, 0.15) is 5.69 Å². The first-order chi connectivity index (χ1) is 14.8. The van der Waals surface area contributed by atoms with E-state index in [4.69, 9.17) is 19.1 Å². The Bertz CT molecular complexity index is 1330. The average molecular weight is 442 g/mol. The highest BCUT2D eigenvalue weighted by Crippen LogP contribution is 2.27. The Labute approximate surface area is 177 Å². The van der Waals surface area contributed by atoms with Crippen molar-refractivity contribution in [2.24, 2.45) is 12.2 Å². The Balaban J connectivity index is 1.60. The van der Waals surface area contributed by atoms with Gasteiger partial charge in [-0.2, -0.15) is 10.1 Å². The molecule has 0 unspecified atom stereocenters. The van der Waals surface area contributed by atoms with Crippen molar-refractivity contribution < 1.29 is 22.4 Å². The zero-order chi connectivity index (χ0) is 22.0. The summed E-state index contributed by atoms with van der Waals surface area (Å²) in [5.74, 6) is 1.43. The van der Waals surface area contributed by atoms with Gasteiger partial charge in [-0.15, -0.1) is 0 Å². The van der Waals surface area contributed by atoms with Crippen LogP contribution in [0.25, 0.3) is 22.8 Å². The largest absolute Gasteiger partial charge is 0.497 e. The van der Waals surface area contributed by atoms with Crippen LogP contribution in [0, 0.1) is 0 Å². The van der Waals surface area contributed by atoms with Gasteiger partial charge in [-0.3, -0.25) is 4.68 Å². The lowest BCUT2D eigenvalue weighted by atomic mass is 10.2. The van der Waals surface area contributed by atoms with Crippen LogP contribution in [-0.2, 0) is 23.7 Å². The maximum absolute atomic E-state index is 11.6. The number of aromatic nitrogens is 5. The molecule has 0 atom stereocenters. The van der Waals surface area contributed by atoms with Crippen molar-refractivity contribution in [3.8, 4) is 34.5 Å². The minimum absolute atomic E-state index is 0.0439. The molecule has 4 aromatic rings. The molecule has 160 valence electrons. The molecule has 0 saturated carbocycles. The molecule has 2 N–H and O–H groups in total. The first kappa shape index (κ1) is 20.5. The number of benzene rings is 1. The van der Waals surface area contributed by atoms with Crippen LogP contribution >= 0.6 is 0 Å². The molecule has 3 heterocycles. The highest BCUT2D eigenvalue weighted by atomic mass is 32.2. The van der Waals surface area contributed by atoms with Gasteiger partial charge in [0.05, 0.1) is 29.5 Å². The number of hydrogen-bond acceptors (Lipinski definition) is 9. The summed E-state index contributed by atoms with van der Waals surface area (Å²) >= 11 is 0. The van der Waals surface area contributed by atoms with Gasteiger partial charge in [0.15, 0.2) is 0 Å². The maximum atomic E-state index is 11.6. The molecular weight excluding hydrogens is 424 g/mol. The van der Waals surface area contributed by atoms with E-state index in [0.29, 0.717) is 28.5 Å². The summed E-state index contributed by atoms with van der Waals surface area (Å²) in [5, 5.41) is 13.4. The van der Waals surface area contributed by atoms with Gasteiger partial charge in [0.2, 0.25) is 21.7 Å². The quantitative estimate of drug-likeness (QED) is 0.452. The zero-order valence-corrected chi connectivity index (χ0v) is 17.4. The number of methoxy groups -OCH3 is 1. The summed E-state index contributed by atoms with van der Waals surface area (Å²) in [6.45, 7) is 0.143. The van der Waals surface area contributed by atoms with E-state index >= 15 is 0 Å². The number of hydrogen-bond donors (Lipinski definition) is 1. The van der Waals surface area contributed by atoms with Crippen LogP contribution in [0.15, 0.2) is 58.2 Å².